The Morgan fingerprint density at radius 3 is 2.35 bits per heavy atom. The lowest BCUT2D eigenvalue weighted by molar-refractivity contribution is -0.0203. The number of likely N-dealkylation sites (N-methyl/N-ethyl adjacent to an activating group) is 1. The number of nitrogens with two attached hydrogens (primary N) is 1. The highest BCUT2D eigenvalue weighted by Crippen LogP contribution is 2.11. The van der Waals surface area contributed by atoms with Gasteiger partial charge in [-0.1, -0.05) is 12.1 Å². The minimum atomic E-state index is -0.382. The molecule has 1 fully saturated rings. The van der Waals surface area contributed by atoms with Crippen molar-refractivity contribution in [2.75, 3.05) is 39.0 Å². The van der Waals surface area contributed by atoms with E-state index in [4.69, 9.17) is 5.73 Å². The van der Waals surface area contributed by atoms with Crippen LogP contribution in [0.15, 0.2) is 24.3 Å². The standard InChI is InChI=1S/C13H21N3O/c1-15-6-8-16(9-7-15)13(17)10-11-2-4-12(14)5-3-11/h2-5,13,17H,6-10,14H2,1H3. The summed E-state index contributed by atoms with van der Waals surface area (Å²) in [6.07, 6.45) is 0.289. The van der Waals surface area contributed by atoms with Crippen LogP contribution in [0.4, 0.5) is 5.69 Å². The average molecular weight is 235 g/mol. The Morgan fingerprint density at radius 2 is 1.76 bits per heavy atom. The zero-order valence-electron chi connectivity index (χ0n) is 10.3. The zero-order valence-corrected chi connectivity index (χ0v) is 10.3. The van der Waals surface area contributed by atoms with Gasteiger partial charge in [0.1, 0.15) is 6.23 Å². The maximum atomic E-state index is 10.2. The van der Waals surface area contributed by atoms with Crippen LogP contribution in [0.5, 0.6) is 0 Å². The smallest absolute Gasteiger partial charge is 0.111 e. The number of anilines is 1. The summed E-state index contributed by atoms with van der Waals surface area (Å²) in [6, 6.07) is 7.72. The first kappa shape index (κ1) is 12.4. The van der Waals surface area contributed by atoms with E-state index in [9.17, 15) is 5.11 Å². The summed E-state index contributed by atoms with van der Waals surface area (Å²) >= 11 is 0. The molecule has 0 bridgehead atoms. The highest BCUT2D eigenvalue weighted by Gasteiger charge is 2.20. The maximum Gasteiger partial charge on any atom is 0.111 e. The molecule has 0 saturated carbocycles. The van der Waals surface area contributed by atoms with Gasteiger partial charge in [-0.3, -0.25) is 4.90 Å². The maximum absolute atomic E-state index is 10.2. The summed E-state index contributed by atoms with van der Waals surface area (Å²) in [4.78, 5) is 4.42. The van der Waals surface area contributed by atoms with Crippen molar-refractivity contribution in [1.82, 2.24) is 9.80 Å². The number of rotatable bonds is 3. The molecule has 0 radical (unpaired) electrons. The number of nitrogen functional groups attached to an aromatic ring is 1. The van der Waals surface area contributed by atoms with Crippen LogP contribution in [0, 0.1) is 0 Å². The zero-order chi connectivity index (χ0) is 12.3. The number of piperazine rings is 1. The van der Waals surface area contributed by atoms with Gasteiger partial charge in [0.15, 0.2) is 0 Å². The van der Waals surface area contributed by atoms with E-state index in [0.717, 1.165) is 37.4 Å². The molecule has 17 heavy (non-hydrogen) atoms. The molecule has 4 nitrogen and oxygen atoms in total. The van der Waals surface area contributed by atoms with Gasteiger partial charge in [-0.25, -0.2) is 0 Å². The minimum absolute atomic E-state index is 0.382. The fourth-order valence-electron chi connectivity index (χ4n) is 2.11. The predicted octanol–water partition coefficient (Wildman–Crippen LogP) is 0.377. The van der Waals surface area contributed by atoms with Crippen molar-refractivity contribution in [2.24, 2.45) is 0 Å². The molecule has 1 aliphatic rings. The SMILES string of the molecule is CN1CCN(C(O)Cc2ccc(N)cc2)CC1. The Bertz CT molecular complexity index is 344. The molecule has 1 atom stereocenters. The van der Waals surface area contributed by atoms with Crippen molar-refractivity contribution < 1.29 is 5.11 Å². The minimum Gasteiger partial charge on any atom is -0.399 e. The summed E-state index contributed by atoms with van der Waals surface area (Å²) < 4.78 is 0. The van der Waals surface area contributed by atoms with Crippen LogP contribution < -0.4 is 5.73 Å². The van der Waals surface area contributed by atoms with Gasteiger partial charge >= 0.3 is 0 Å². The fraction of sp³-hybridized carbons (Fsp3) is 0.538. The lowest BCUT2D eigenvalue weighted by atomic mass is 10.1. The van der Waals surface area contributed by atoms with Gasteiger partial charge in [-0.15, -0.1) is 0 Å². The summed E-state index contributed by atoms with van der Waals surface area (Å²) in [5.74, 6) is 0. The number of benzene rings is 1. The highest BCUT2D eigenvalue weighted by molar-refractivity contribution is 5.39. The molecule has 94 valence electrons. The van der Waals surface area contributed by atoms with E-state index in [2.05, 4.69) is 16.8 Å². The molecule has 2 rings (SSSR count). The van der Waals surface area contributed by atoms with Crippen molar-refractivity contribution in [3.8, 4) is 0 Å². The lowest BCUT2D eigenvalue weighted by Gasteiger charge is -2.35. The second-order valence-corrected chi connectivity index (χ2v) is 4.77. The molecule has 0 aromatic heterocycles. The molecule has 1 saturated heterocycles. The summed E-state index contributed by atoms with van der Waals surface area (Å²) in [7, 11) is 2.11. The van der Waals surface area contributed by atoms with E-state index >= 15 is 0 Å². The third-order valence-electron chi connectivity index (χ3n) is 3.36. The molecule has 1 aliphatic heterocycles. The Kier molecular flexibility index (Phi) is 3.99. The first-order valence-electron chi connectivity index (χ1n) is 6.10. The second-order valence-electron chi connectivity index (χ2n) is 4.77. The molecule has 0 aliphatic carbocycles. The molecule has 3 N–H and O–H groups in total. The number of aliphatic hydroxyl groups is 1. The van der Waals surface area contributed by atoms with E-state index in [1.807, 2.05) is 24.3 Å². The van der Waals surface area contributed by atoms with Gasteiger partial charge in [0.25, 0.3) is 0 Å². The van der Waals surface area contributed by atoms with Gasteiger partial charge in [0.2, 0.25) is 0 Å². The molecule has 1 aromatic rings. The molecule has 1 unspecified atom stereocenters. The van der Waals surface area contributed by atoms with Crippen molar-refractivity contribution in [2.45, 2.75) is 12.6 Å². The first-order valence-corrected chi connectivity index (χ1v) is 6.10. The second kappa shape index (κ2) is 5.49. The van der Waals surface area contributed by atoms with Crippen LogP contribution in [0.25, 0.3) is 0 Å². The number of aliphatic hydroxyl groups excluding tert-OH is 1. The topological polar surface area (TPSA) is 52.7 Å². The Balaban J connectivity index is 1.88. The van der Waals surface area contributed by atoms with Crippen LogP contribution in [0.2, 0.25) is 0 Å². The quantitative estimate of drug-likeness (QED) is 0.744. The fourth-order valence-corrected chi connectivity index (χ4v) is 2.11. The van der Waals surface area contributed by atoms with Crippen molar-refractivity contribution in [3.63, 3.8) is 0 Å². The number of hydrogen-bond donors (Lipinski definition) is 2. The predicted molar refractivity (Wildman–Crippen MR) is 69.6 cm³/mol. The number of hydrogen-bond acceptors (Lipinski definition) is 4. The van der Waals surface area contributed by atoms with Crippen LogP contribution in [0.1, 0.15) is 5.56 Å². The summed E-state index contributed by atoms with van der Waals surface area (Å²) in [6.45, 7) is 3.93. The molecule has 4 heteroatoms. The van der Waals surface area contributed by atoms with E-state index in [1.54, 1.807) is 0 Å². The Labute approximate surface area is 103 Å². The summed E-state index contributed by atoms with van der Waals surface area (Å²) in [5.41, 5.74) is 7.53. The molecule has 0 amide bonds. The molecular formula is C13H21N3O. The molecule has 1 heterocycles. The van der Waals surface area contributed by atoms with Crippen LogP contribution in [-0.4, -0.2) is 54.4 Å². The highest BCUT2D eigenvalue weighted by atomic mass is 16.3. The van der Waals surface area contributed by atoms with Gasteiger partial charge in [-0.05, 0) is 24.7 Å². The third-order valence-corrected chi connectivity index (χ3v) is 3.36. The normalized spacial score (nSPS) is 20.4. The van der Waals surface area contributed by atoms with Crippen LogP contribution in [0.3, 0.4) is 0 Å². The van der Waals surface area contributed by atoms with Crippen molar-refractivity contribution in [3.05, 3.63) is 29.8 Å². The van der Waals surface area contributed by atoms with E-state index < -0.39 is 0 Å². The Morgan fingerprint density at radius 1 is 1.18 bits per heavy atom. The van der Waals surface area contributed by atoms with E-state index in [1.165, 1.54) is 0 Å². The molecule has 1 aromatic carbocycles. The average Bonchev–Trinajstić information content (AvgIpc) is 2.33. The van der Waals surface area contributed by atoms with Gasteiger partial charge in [-0.2, -0.15) is 0 Å². The van der Waals surface area contributed by atoms with E-state index in [0.29, 0.717) is 6.42 Å². The number of nitrogens with zero attached hydrogens (tertiary/aromatic N) is 2. The third kappa shape index (κ3) is 3.43. The van der Waals surface area contributed by atoms with Gasteiger partial charge in [0, 0.05) is 38.3 Å². The van der Waals surface area contributed by atoms with Crippen LogP contribution >= 0.6 is 0 Å². The summed E-state index contributed by atoms with van der Waals surface area (Å²) in [5, 5.41) is 10.2. The van der Waals surface area contributed by atoms with Gasteiger partial charge in [0.05, 0.1) is 0 Å². The van der Waals surface area contributed by atoms with Crippen LogP contribution in [-0.2, 0) is 6.42 Å². The largest absolute Gasteiger partial charge is 0.399 e. The Hall–Kier alpha value is -1.10. The first-order chi connectivity index (χ1) is 8.15. The lowest BCUT2D eigenvalue weighted by Crippen LogP contribution is -2.49. The van der Waals surface area contributed by atoms with Crippen molar-refractivity contribution in [1.29, 1.82) is 0 Å². The molecular weight excluding hydrogens is 214 g/mol. The molecule has 0 spiro atoms. The monoisotopic (exact) mass is 235 g/mol. The van der Waals surface area contributed by atoms with E-state index in [-0.39, 0.29) is 6.23 Å². The van der Waals surface area contributed by atoms with Gasteiger partial charge < -0.3 is 15.7 Å². The van der Waals surface area contributed by atoms with Crippen molar-refractivity contribution >= 4 is 5.69 Å².